The number of carbonyl (C=O) groups excluding carboxylic acids is 1. The summed E-state index contributed by atoms with van der Waals surface area (Å²) in [6.45, 7) is 1.26. The van der Waals surface area contributed by atoms with Crippen molar-refractivity contribution in [3.63, 3.8) is 0 Å². The molecule has 92 valence electrons. The first-order chi connectivity index (χ1) is 8.08. The van der Waals surface area contributed by atoms with Gasteiger partial charge in [0.25, 0.3) is 0 Å². The zero-order valence-electron chi connectivity index (χ0n) is 9.18. The van der Waals surface area contributed by atoms with E-state index in [4.69, 9.17) is 0 Å². The van der Waals surface area contributed by atoms with Crippen molar-refractivity contribution in [1.82, 2.24) is 4.90 Å². The van der Waals surface area contributed by atoms with Crippen molar-refractivity contribution in [3.8, 4) is 0 Å². The molecule has 0 aliphatic carbocycles. The molecule has 1 heterocycles. The molecule has 0 unspecified atom stereocenters. The molecule has 0 atom stereocenters. The number of hydrogen-bond acceptors (Lipinski definition) is 1. The Bertz CT molecular complexity index is 418. The Labute approximate surface area is 97.0 Å². The Balaban J connectivity index is 2.15. The van der Waals surface area contributed by atoms with Crippen molar-refractivity contribution in [2.75, 3.05) is 13.1 Å². The van der Waals surface area contributed by atoms with Crippen LogP contribution in [0.5, 0.6) is 0 Å². The fraction of sp³-hybridized carbons (Fsp3) is 0.417. The van der Waals surface area contributed by atoms with Gasteiger partial charge in [-0.3, -0.25) is 4.79 Å². The minimum atomic E-state index is -1.00. The van der Waals surface area contributed by atoms with E-state index in [1.807, 2.05) is 0 Å². The van der Waals surface area contributed by atoms with E-state index in [2.05, 4.69) is 0 Å². The van der Waals surface area contributed by atoms with Crippen molar-refractivity contribution in [3.05, 3.63) is 35.1 Å². The van der Waals surface area contributed by atoms with Crippen LogP contribution in [-0.4, -0.2) is 23.9 Å². The third kappa shape index (κ3) is 2.60. The van der Waals surface area contributed by atoms with Gasteiger partial charge < -0.3 is 4.90 Å². The van der Waals surface area contributed by atoms with Gasteiger partial charge in [0, 0.05) is 30.8 Å². The predicted octanol–water partition coefficient (Wildman–Crippen LogP) is 2.27. The first-order valence-electron chi connectivity index (χ1n) is 5.49. The zero-order chi connectivity index (χ0) is 12.4. The number of hydrogen-bond donors (Lipinski definition) is 0. The van der Waals surface area contributed by atoms with Crippen LogP contribution in [0.1, 0.15) is 18.4 Å². The average molecular weight is 243 g/mol. The van der Waals surface area contributed by atoms with Crippen LogP contribution in [0.3, 0.4) is 0 Å². The molecule has 5 heteroatoms. The van der Waals surface area contributed by atoms with Gasteiger partial charge in [-0.1, -0.05) is 0 Å². The van der Waals surface area contributed by atoms with Crippen molar-refractivity contribution < 1.29 is 18.0 Å². The molecule has 1 saturated heterocycles. The Kier molecular flexibility index (Phi) is 3.36. The summed E-state index contributed by atoms with van der Waals surface area (Å²) in [6, 6.07) is 1.19. The molecule has 1 amide bonds. The third-order valence-corrected chi connectivity index (χ3v) is 2.89. The third-order valence-electron chi connectivity index (χ3n) is 2.89. The molecule has 1 aliphatic rings. The molecule has 1 aromatic rings. The maximum Gasteiger partial charge on any atom is 0.227 e. The van der Waals surface area contributed by atoms with Gasteiger partial charge >= 0.3 is 0 Å². The highest BCUT2D eigenvalue weighted by atomic mass is 19.1. The predicted molar refractivity (Wildman–Crippen MR) is 55.8 cm³/mol. The molecule has 2 nitrogen and oxygen atoms in total. The van der Waals surface area contributed by atoms with E-state index in [1.54, 1.807) is 4.90 Å². The normalized spacial score (nSPS) is 15.4. The SMILES string of the molecule is O=C(Cc1c(F)cc(F)cc1F)N1CCCC1. The lowest BCUT2D eigenvalue weighted by Crippen LogP contribution is -2.29. The van der Waals surface area contributed by atoms with E-state index >= 15 is 0 Å². The Morgan fingerprint density at radius 2 is 1.65 bits per heavy atom. The summed E-state index contributed by atoms with van der Waals surface area (Å²) in [4.78, 5) is 13.3. The van der Waals surface area contributed by atoms with Crippen LogP contribution in [0.25, 0.3) is 0 Å². The van der Waals surface area contributed by atoms with Gasteiger partial charge in [0.15, 0.2) is 0 Å². The lowest BCUT2D eigenvalue weighted by Gasteiger charge is -2.15. The summed E-state index contributed by atoms with van der Waals surface area (Å²) in [5.41, 5.74) is -0.358. The second-order valence-corrected chi connectivity index (χ2v) is 4.11. The molecule has 0 bridgehead atoms. The summed E-state index contributed by atoms with van der Waals surface area (Å²) >= 11 is 0. The summed E-state index contributed by atoms with van der Waals surface area (Å²) < 4.78 is 39.3. The van der Waals surface area contributed by atoms with Crippen LogP contribution in [-0.2, 0) is 11.2 Å². The fourth-order valence-electron chi connectivity index (χ4n) is 1.97. The first kappa shape index (κ1) is 12.0. The van der Waals surface area contributed by atoms with Crippen LogP contribution in [0, 0.1) is 17.5 Å². The maximum absolute atomic E-state index is 13.3. The first-order valence-corrected chi connectivity index (χ1v) is 5.49. The number of rotatable bonds is 2. The van der Waals surface area contributed by atoms with E-state index in [0.29, 0.717) is 25.2 Å². The van der Waals surface area contributed by atoms with Gasteiger partial charge in [-0.15, -0.1) is 0 Å². The topological polar surface area (TPSA) is 20.3 Å². The van der Waals surface area contributed by atoms with Crippen molar-refractivity contribution in [2.45, 2.75) is 19.3 Å². The van der Waals surface area contributed by atoms with Crippen LogP contribution >= 0.6 is 0 Å². The van der Waals surface area contributed by atoms with Crippen molar-refractivity contribution in [1.29, 1.82) is 0 Å². The molecule has 0 saturated carbocycles. The molecule has 0 aromatic heterocycles. The molecule has 1 aliphatic heterocycles. The number of amides is 1. The van der Waals surface area contributed by atoms with E-state index < -0.39 is 17.5 Å². The molecular weight excluding hydrogens is 231 g/mol. The Hall–Kier alpha value is -1.52. The molecular formula is C12H12F3NO. The minimum absolute atomic E-state index is 0.313. The molecule has 2 rings (SSSR count). The van der Waals surface area contributed by atoms with E-state index in [0.717, 1.165) is 12.8 Å². The maximum atomic E-state index is 13.3. The van der Waals surface area contributed by atoms with Crippen LogP contribution in [0.2, 0.25) is 0 Å². The minimum Gasteiger partial charge on any atom is -0.342 e. The van der Waals surface area contributed by atoms with Crippen LogP contribution in [0.15, 0.2) is 12.1 Å². The van der Waals surface area contributed by atoms with Crippen molar-refractivity contribution in [2.24, 2.45) is 0 Å². The number of likely N-dealkylation sites (tertiary alicyclic amines) is 1. The summed E-state index contributed by atoms with van der Waals surface area (Å²) in [5.74, 6) is -3.30. The molecule has 0 spiro atoms. The number of halogens is 3. The zero-order valence-corrected chi connectivity index (χ0v) is 9.18. The molecule has 0 N–H and O–H groups in total. The van der Waals surface area contributed by atoms with Gasteiger partial charge in [-0.05, 0) is 12.8 Å². The van der Waals surface area contributed by atoms with Gasteiger partial charge in [-0.2, -0.15) is 0 Å². The summed E-state index contributed by atoms with van der Waals surface area (Å²) in [7, 11) is 0. The quantitative estimate of drug-likeness (QED) is 0.780. The molecule has 0 radical (unpaired) electrons. The highest BCUT2D eigenvalue weighted by Crippen LogP contribution is 2.17. The van der Waals surface area contributed by atoms with Gasteiger partial charge in [0.05, 0.1) is 6.42 Å². The largest absolute Gasteiger partial charge is 0.342 e. The fourth-order valence-corrected chi connectivity index (χ4v) is 1.97. The van der Waals surface area contributed by atoms with Gasteiger partial charge in [-0.25, -0.2) is 13.2 Å². The highest BCUT2D eigenvalue weighted by Gasteiger charge is 2.21. The Morgan fingerprint density at radius 3 is 2.18 bits per heavy atom. The number of benzene rings is 1. The summed E-state index contributed by atoms with van der Waals surface area (Å²) in [5, 5.41) is 0. The molecule has 1 fully saturated rings. The average Bonchev–Trinajstić information content (AvgIpc) is 2.76. The van der Waals surface area contributed by atoms with Gasteiger partial charge in [0.2, 0.25) is 5.91 Å². The number of carbonyl (C=O) groups is 1. The van der Waals surface area contributed by atoms with E-state index in [1.165, 1.54) is 0 Å². The lowest BCUT2D eigenvalue weighted by molar-refractivity contribution is -0.129. The molecule has 17 heavy (non-hydrogen) atoms. The standard InChI is InChI=1S/C12H12F3NO/c13-8-5-10(14)9(11(15)6-8)7-12(17)16-3-1-2-4-16/h5-6H,1-4,7H2. The number of nitrogens with zero attached hydrogens (tertiary/aromatic N) is 1. The van der Waals surface area contributed by atoms with Crippen LogP contribution < -0.4 is 0 Å². The summed E-state index contributed by atoms with van der Waals surface area (Å²) in [6.07, 6.45) is 1.48. The second kappa shape index (κ2) is 4.77. The van der Waals surface area contributed by atoms with E-state index in [9.17, 15) is 18.0 Å². The van der Waals surface area contributed by atoms with Gasteiger partial charge in [0.1, 0.15) is 17.5 Å². The Morgan fingerprint density at radius 1 is 1.12 bits per heavy atom. The second-order valence-electron chi connectivity index (χ2n) is 4.11. The smallest absolute Gasteiger partial charge is 0.227 e. The van der Waals surface area contributed by atoms with E-state index in [-0.39, 0.29) is 17.9 Å². The molecule has 1 aromatic carbocycles. The monoisotopic (exact) mass is 243 g/mol. The van der Waals surface area contributed by atoms with Crippen molar-refractivity contribution >= 4 is 5.91 Å². The highest BCUT2D eigenvalue weighted by molar-refractivity contribution is 5.79. The van der Waals surface area contributed by atoms with Crippen LogP contribution in [0.4, 0.5) is 13.2 Å². The lowest BCUT2D eigenvalue weighted by atomic mass is 10.1.